The van der Waals surface area contributed by atoms with Gasteiger partial charge in [0.15, 0.2) is 0 Å². The first-order chi connectivity index (χ1) is 11.7. The zero-order valence-corrected chi connectivity index (χ0v) is 14.1. The van der Waals surface area contributed by atoms with Crippen molar-refractivity contribution in [3.05, 3.63) is 63.2 Å². The Bertz CT molecular complexity index is 811. The monoisotopic (exact) mass is 389 g/mol. The number of benzene rings is 1. The van der Waals surface area contributed by atoms with Crippen molar-refractivity contribution in [3.8, 4) is 0 Å². The Hall–Kier alpha value is -2.25. The van der Waals surface area contributed by atoms with E-state index in [1.165, 1.54) is 30.4 Å². The number of carbonyl (C=O) groups is 1. The largest absolute Gasteiger partial charge is 0.413 e. The van der Waals surface area contributed by atoms with Gasteiger partial charge in [-0.2, -0.15) is 18.3 Å². The van der Waals surface area contributed by atoms with Crippen molar-refractivity contribution in [1.82, 2.24) is 5.43 Å². The molecule has 0 aliphatic heterocycles. The number of allylic oxidation sites excluding steroid dienone is 6. The lowest BCUT2D eigenvalue weighted by molar-refractivity contribution is -0.0930. The Kier molecular flexibility index (Phi) is 5.92. The van der Waals surface area contributed by atoms with Gasteiger partial charge in [-0.25, -0.2) is 5.43 Å². The van der Waals surface area contributed by atoms with Crippen molar-refractivity contribution < 1.29 is 18.0 Å². The molecular weight excluding hydrogens is 378 g/mol. The van der Waals surface area contributed by atoms with E-state index in [4.69, 9.17) is 28.9 Å². The molecule has 0 fully saturated rings. The molecule has 1 aromatic carbocycles. The van der Waals surface area contributed by atoms with Gasteiger partial charge in [0, 0.05) is 27.7 Å². The SMILES string of the molecule is Nc1ccc(Cl)cc1C(=O)NN=CC1=CC=C(Cl)CC(C(F)(F)F)=C1. The smallest absolute Gasteiger partial charge is 0.398 e. The van der Waals surface area contributed by atoms with Crippen LogP contribution in [0.25, 0.3) is 0 Å². The molecule has 1 aromatic rings. The summed E-state index contributed by atoms with van der Waals surface area (Å²) in [7, 11) is 0. The van der Waals surface area contributed by atoms with Gasteiger partial charge in [0.1, 0.15) is 0 Å². The number of nitrogens with one attached hydrogen (secondary N) is 1. The third kappa shape index (κ3) is 5.37. The van der Waals surface area contributed by atoms with Crippen LogP contribution in [0.2, 0.25) is 5.02 Å². The number of halogens is 5. The summed E-state index contributed by atoms with van der Waals surface area (Å²) in [5.74, 6) is -0.640. The van der Waals surface area contributed by atoms with E-state index >= 15 is 0 Å². The molecule has 0 spiro atoms. The van der Waals surface area contributed by atoms with Crippen LogP contribution >= 0.6 is 23.2 Å². The Balaban J connectivity index is 2.15. The van der Waals surface area contributed by atoms with E-state index in [1.807, 2.05) is 0 Å². The zero-order valence-electron chi connectivity index (χ0n) is 12.6. The summed E-state index contributed by atoms with van der Waals surface area (Å²) < 4.78 is 38.7. The molecule has 0 heterocycles. The normalized spacial score (nSPS) is 15.3. The number of carbonyl (C=O) groups excluding carboxylic acids is 1. The van der Waals surface area contributed by atoms with Crippen molar-refractivity contribution in [3.63, 3.8) is 0 Å². The summed E-state index contributed by atoms with van der Waals surface area (Å²) in [6, 6.07) is 4.34. The molecule has 0 unspecified atom stereocenters. The van der Waals surface area contributed by atoms with E-state index in [9.17, 15) is 18.0 Å². The van der Waals surface area contributed by atoms with Crippen LogP contribution in [0, 0.1) is 0 Å². The fourth-order valence-corrected chi connectivity index (χ4v) is 2.32. The molecule has 2 rings (SSSR count). The van der Waals surface area contributed by atoms with E-state index in [1.54, 1.807) is 0 Å². The lowest BCUT2D eigenvalue weighted by Crippen LogP contribution is -2.19. The predicted molar refractivity (Wildman–Crippen MR) is 92.6 cm³/mol. The first-order valence-electron chi connectivity index (χ1n) is 6.89. The highest BCUT2D eigenvalue weighted by atomic mass is 35.5. The van der Waals surface area contributed by atoms with E-state index in [0.29, 0.717) is 5.02 Å². The van der Waals surface area contributed by atoms with Crippen LogP contribution in [0.3, 0.4) is 0 Å². The van der Waals surface area contributed by atoms with Gasteiger partial charge in [-0.1, -0.05) is 29.3 Å². The van der Waals surface area contributed by atoms with Crippen molar-refractivity contribution in [2.24, 2.45) is 5.10 Å². The molecule has 25 heavy (non-hydrogen) atoms. The number of alkyl halides is 3. The highest BCUT2D eigenvalue weighted by molar-refractivity contribution is 6.31. The fraction of sp³-hybridized carbons (Fsp3) is 0.125. The average molecular weight is 390 g/mol. The maximum atomic E-state index is 12.9. The van der Waals surface area contributed by atoms with Gasteiger partial charge in [-0.15, -0.1) is 0 Å². The van der Waals surface area contributed by atoms with Crippen molar-refractivity contribution in [2.75, 3.05) is 5.73 Å². The fourth-order valence-electron chi connectivity index (χ4n) is 1.94. The number of amides is 1. The van der Waals surface area contributed by atoms with Crippen molar-refractivity contribution in [2.45, 2.75) is 12.6 Å². The number of nitrogens with zero attached hydrogens (tertiary/aromatic N) is 1. The topological polar surface area (TPSA) is 67.5 Å². The predicted octanol–water partition coefficient (Wildman–Crippen LogP) is 4.58. The molecular formula is C16H12Cl2F3N3O. The molecule has 0 radical (unpaired) electrons. The zero-order chi connectivity index (χ0) is 18.6. The Morgan fingerprint density at radius 2 is 2.00 bits per heavy atom. The third-order valence-corrected chi connectivity index (χ3v) is 3.66. The molecule has 3 N–H and O–H groups in total. The Morgan fingerprint density at radius 3 is 2.68 bits per heavy atom. The van der Waals surface area contributed by atoms with Gasteiger partial charge < -0.3 is 5.73 Å². The summed E-state index contributed by atoms with van der Waals surface area (Å²) in [4.78, 5) is 12.0. The molecule has 1 aliphatic carbocycles. The second-order valence-electron chi connectivity index (χ2n) is 5.06. The van der Waals surface area contributed by atoms with Crippen LogP contribution in [0.5, 0.6) is 0 Å². The maximum absolute atomic E-state index is 12.9. The van der Waals surface area contributed by atoms with E-state index in [2.05, 4.69) is 10.5 Å². The van der Waals surface area contributed by atoms with Crippen LogP contribution in [0.4, 0.5) is 18.9 Å². The lowest BCUT2D eigenvalue weighted by atomic mass is 10.1. The number of nitrogens with two attached hydrogens (primary N) is 1. The number of hydrogen-bond donors (Lipinski definition) is 2. The van der Waals surface area contributed by atoms with E-state index in [-0.39, 0.29) is 21.9 Å². The minimum Gasteiger partial charge on any atom is -0.398 e. The molecule has 0 saturated carbocycles. The summed E-state index contributed by atoms with van der Waals surface area (Å²) in [5, 5.41) is 4.01. The number of anilines is 1. The summed E-state index contributed by atoms with van der Waals surface area (Å²) in [6.07, 6.45) is -0.237. The molecule has 9 heteroatoms. The van der Waals surface area contributed by atoms with E-state index < -0.39 is 24.1 Å². The standard InChI is InChI=1S/C16H12Cl2F3N3O/c17-11-2-1-9(5-10(6-11)16(19,20)21)8-23-24-15(25)13-7-12(18)3-4-14(13)22/h1-5,7-8H,6,22H2,(H,24,25). The average Bonchev–Trinajstić information content (AvgIpc) is 2.71. The van der Waals surface area contributed by atoms with Crippen LogP contribution in [0.15, 0.2) is 57.7 Å². The molecule has 4 nitrogen and oxygen atoms in total. The Morgan fingerprint density at radius 1 is 1.28 bits per heavy atom. The van der Waals surface area contributed by atoms with Gasteiger partial charge >= 0.3 is 6.18 Å². The first-order valence-corrected chi connectivity index (χ1v) is 7.65. The summed E-state index contributed by atoms with van der Waals surface area (Å²) in [5.41, 5.74) is 7.47. The second kappa shape index (κ2) is 7.76. The number of rotatable bonds is 3. The second-order valence-corrected chi connectivity index (χ2v) is 5.98. The number of hydrogen-bond acceptors (Lipinski definition) is 3. The van der Waals surface area contributed by atoms with Gasteiger partial charge in [0.25, 0.3) is 5.91 Å². The maximum Gasteiger partial charge on any atom is 0.413 e. The van der Waals surface area contributed by atoms with Crippen LogP contribution < -0.4 is 11.2 Å². The number of nitrogen functional groups attached to an aromatic ring is 1. The molecule has 1 aliphatic rings. The van der Waals surface area contributed by atoms with Crippen molar-refractivity contribution in [1.29, 1.82) is 0 Å². The van der Waals surface area contributed by atoms with Crippen molar-refractivity contribution >= 4 is 41.0 Å². The molecule has 0 aromatic heterocycles. The molecule has 132 valence electrons. The van der Waals surface area contributed by atoms with Crippen LogP contribution in [-0.2, 0) is 0 Å². The third-order valence-electron chi connectivity index (χ3n) is 3.16. The Labute approximate surface area is 151 Å². The lowest BCUT2D eigenvalue weighted by Gasteiger charge is -2.10. The minimum absolute atomic E-state index is 0.0442. The quantitative estimate of drug-likeness (QED) is 0.451. The van der Waals surface area contributed by atoms with Crippen LogP contribution in [-0.4, -0.2) is 18.3 Å². The minimum atomic E-state index is -4.51. The van der Waals surface area contributed by atoms with Gasteiger partial charge in [0.05, 0.1) is 11.8 Å². The van der Waals surface area contributed by atoms with Gasteiger partial charge in [-0.05, 0) is 35.9 Å². The van der Waals surface area contributed by atoms with Gasteiger partial charge in [-0.3, -0.25) is 4.79 Å². The highest BCUT2D eigenvalue weighted by Gasteiger charge is 2.34. The van der Waals surface area contributed by atoms with E-state index in [0.717, 1.165) is 12.3 Å². The number of hydrazone groups is 1. The molecule has 0 saturated heterocycles. The first kappa shape index (κ1) is 19.1. The highest BCUT2D eigenvalue weighted by Crippen LogP contribution is 2.33. The van der Waals surface area contributed by atoms with Gasteiger partial charge in [0.2, 0.25) is 0 Å². The molecule has 0 atom stereocenters. The molecule has 1 amide bonds. The van der Waals surface area contributed by atoms with Crippen LogP contribution in [0.1, 0.15) is 16.8 Å². The summed E-state index contributed by atoms with van der Waals surface area (Å²) in [6.45, 7) is 0. The summed E-state index contributed by atoms with van der Waals surface area (Å²) >= 11 is 11.5. The molecule has 0 bridgehead atoms.